The lowest BCUT2D eigenvalue weighted by Crippen LogP contribution is -2.51. The largest absolute Gasteiger partial charge is 0.441 e. The van der Waals surface area contributed by atoms with Crippen molar-refractivity contribution in [1.82, 2.24) is 4.98 Å². The zero-order chi connectivity index (χ0) is 17.3. The maximum absolute atomic E-state index is 12.7. The number of nitrogens with zero attached hydrogens (tertiary/aromatic N) is 1. The number of rotatable bonds is 3. The van der Waals surface area contributed by atoms with Crippen LogP contribution >= 0.6 is 0 Å². The summed E-state index contributed by atoms with van der Waals surface area (Å²) in [6.07, 6.45) is 3.88. The van der Waals surface area contributed by atoms with E-state index in [1.807, 2.05) is 45.0 Å². The van der Waals surface area contributed by atoms with Gasteiger partial charge in [0.05, 0.1) is 11.6 Å². The molecule has 1 saturated carbocycles. The van der Waals surface area contributed by atoms with Crippen molar-refractivity contribution in [2.75, 3.05) is 5.32 Å². The molecule has 2 unspecified atom stereocenters. The van der Waals surface area contributed by atoms with Crippen molar-refractivity contribution in [3.8, 4) is 11.5 Å². The van der Waals surface area contributed by atoms with Crippen molar-refractivity contribution < 1.29 is 9.21 Å². The molecule has 2 atom stereocenters. The number of anilines is 1. The Hall–Kier alpha value is -2.14. The minimum absolute atomic E-state index is 0.00313. The van der Waals surface area contributed by atoms with E-state index < -0.39 is 5.54 Å². The Labute approximate surface area is 142 Å². The molecule has 3 rings (SSSR count). The first kappa shape index (κ1) is 16.7. The number of hydrogen-bond acceptors (Lipinski definition) is 4. The van der Waals surface area contributed by atoms with Crippen LogP contribution < -0.4 is 11.1 Å². The van der Waals surface area contributed by atoms with E-state index in [-0.39, 0.29) is 11.8 Å². The molecular weight excluding hydrogens is 302 g/mol. The van der Waals surface area contributed by atoms with Gasteiger partial charge >= 0.3 is 0 Å². The van der Waals surface area contributed by atoms with Gasteiger partial charge in [0.1, 0.15) is 5.76 Å². The molecule has 5 nitrogen and oxygen atoms in total. The van der Waals surface area contributed by atoms with E-state index in [9.17, 15) is 4.79 Å². The summed E-state index contributed by atoms with van der Waals surface area (Å²) in [5.41, 5.74) is 8.37. The van der Waals surface area contributed by atoms with E-state index in [0.29, 0.717) is 5.89 Å². The van der Waals surface area contributed by atoms with Crippen LogP contribution in [0.5, 0.6) is 0 Å². The molecule has 1 amide bonds. The first-order chi connectivity index (χ1) is 11.4. The van der Waals surface area contributed by atoms with Gasteiger partial charge in [0.25, 0.3) is 0 Å². The molecule has 1 aromatic heterocycles. The van der Waals surface area contributed by atoms with Gasteiger partial charge in [-0.05, 0) is 51.8 Å². The van der Waals surface area contributed by atoms with Gasteiger partial charge in [-0.2, -0.15) is 0 Å². The SMILES string of the molecule is Cc1nc(-c2cccc(NC(=O)C3CCCCC3(C)N)c2)oc1C. The zero-order valence-electron chi connectivity index (χ0n) is 14.6. The number of nitrogens with one attached hydrogen (secondary N) is 1. The predicted molar refractivity (Wildman–Crippen MR) is 94.6 cm³/mol. The molecule has 0 aliphatic heterocycles. The number of benzene rings is 1. The molecule has 0 radical (unpaired) electrons. The van der Waals surface area contributed by atoms with Gasteiger partial charge in [0.2, 0.25) is 11.8 Å². The molecule has 1 aromatic carbocycles. The number of carbonyl (C=O) groups is 1. The second-order valence-corrected chi connectivity index (χ2v) is 7.03. The highest BCUT2D eigenvalue weighted by Crippen LogP contribution is 2.33. The maximum atomic E-state index is 12.7. The number of hydrogen-bond donors (Lipinski definition) is 2. The van der Waals surface area contributed by atoms with Gasteiger partial charge in [0, 0.05) is 16.8 Å². The Balaban J connectivity index is 1.78. The average molecular weight is 327 g/mol. The lowest BCUT2D eigenvalue weighted by atomic mass is 9.74. The van der Waals surface area contributed by atoms with Crippen LogP contribution in [0, 0.1) is 19.8 Å². The van der Waals surface area contributed by atoms with Crippen LogP contribution in [-0.2, 0) is 4.79 Å². The Bertz CT molecular complexity index is 729. The minimum Gasteiger partial charge on any atom is -0.441 e. The molecule has 1 aliphatic carbocycles. The number of oxazole rings is 1. The molecule has 128 valence electrons. The highest BCUT2D eigenvalue weighted by Gasteiger charge is 2.37. The Kier molecular flexibility index (Phi) is 4.45. The summed E-state index contributed by atoms with van der Waals surface area (Å²) in [4.78, 5) is 17.1. The Morgan fingerprint density at radius 1 is 1.38 bits per heavy atom. The molecular formula is C19H25N3O2. The fourth-order valence-electron chi connectivity index (χ4n) is 3.34. The second-order valence-electron chi connectivity index (χ2n) is 7.03. The van der Waals surface area contributed by atoms with Crippen LogP contribution in [0.2, 0.25) is 0 Å². The first-order valence-electron chi connectivity index (χ1n) is 8.51. The number of carbonyl (C=O) groups excluding carboxylic acids is 1. The van der Waals surface area contributed by atoms with Gasteiger partial charge in [-0.25, -0.2) is 4.98 Å². The fraction of sp³-hybridized carbons (Fsp3) is 0.474. The summed E-state index contributed by atoms with van der Waals surface area (Å²) >= 11 is 0. The topological polar surface area (TPSA) is 81.2 Å². The molecule has 0 bridgehead atoms. The third kappa shape index (κ3) is 3.36. The Morgan fingerprint density at radius 2 is 2.17 bits per heavy atom. The normalized spacial score (nSPS) is 23.9. The van der Waals surface area contributed by atoms with Gasteiger partial charge in [-0.1, -0.05) is 18.9 Å². The van der Waals surface area contributed by atoms with E-state index in [0.717, 1.165) is 48.4 Å². The zero-order valence-corrected chi connectivity index (χ0v) is 14.6. The molecule has 24 heavy (non-hydrogen) atoms. The average Bonchev–Trinajstić information content (AvgIpc) is 2.86. The van der Waals surface area contributed by atoms with Gasteiger partial charge in [0.15, 0.2) is 0 Å². The summed E-state index contributed by atoms with van der Waals surface area (Å²) in [6.45, 7) is 5.78. The highest BCUT2D eigenvalue weighted by atomic mass is 16.4. The van der Waals surface area contributed by atoms with E-state index in [2.05, 4.69) is 10.3 Å². The van der Waals surface area contributed by atoms with Crippen molar-refractivity contribution in [3.63, 3.8) is 0 Å². The van der Waals surface area contributed by atoms with Crippen LogP contribution in [0.1, 0.15) is 44.1 Å². The van der Waals surface area contributed by atoms with Gasteiger partial charge in [-0.3, -0.25) is 4.79 Å². The molecule has 3 N–H and O–H groups in total. The van der Waals surface area contributed by atoms with Crippen molar-refractivity contribution in [3.05, 3.63) is 35.7 Å². The lowest BCUT2D eigenvalue weighted by Gasteiger charge is -2.37. The van der Waals surface area contributed by atoms with Crippen LogP contribution in [0.25, 0.3) is 11.5 Å². The fourth-order valence-corrected chi connectivity index (χ4v) is 3.34. The molecule has 2 aromatic rings. The molecule has 1 fully saturated rings. The second kappa shape index (κ2) is 6.40. The van der Waals surface area contributed by atoms with Crippen molar-refractivity contribution in [2.24, 2.45) is 11.7 Å². The summed E-state index contributed by atoms with van der Waals surface area (Å²) < 4.78 is 5.67. The maximum Gasteiger partial charge on any atom is 0.229 e. The molecule has 1 heterocycles. The summed E-state index contributed by atoms with van der Waals surface area (Å²) in [6, 6.07) is 7.58. The van der Waals surface area contributed by atoms with Gasteiger partial charge < -0.3 is 15.5 Å². The molecule has 0 spiro atoms. The van der Waals surface area contributed by atoms with E-state index >= 15 is 0 Å². The quantitative estimate of drug-likeness (QED) is 0.898. The number of aromatic nitrogens is 1. The van der Waals surface area contributed by atoms with E-state index in [4.69, 9.17) is 10.2 Å². The summed E-state index contributed by atoms with van der Waals surface area (Å²) in [7, 11) is 0. The van der Waals surface area contributed by atoms with Gasteiger partial charge in [-0.15, -0.1) is 0 Å². The van der Waals surface area contributed by atoms with Crippen LogP contribution in [0.3, 0.4) is 0 Å². The Morgan fingerprint density at radius 3 is 2.83 bits per heavy atom. The monoisotopic (exact) mass is 327 g/mol. The van der Waals surface area contributed by atoms with Crippen molar-refractivity contribution in [1.29, 1.82) is 0 Å². The van der Waals surface area contributed by atoms with Crippen LogP contribution in [-0.4, -0.2) is 16.4 Å². The van der Waals surface area contributed by atoms with E-state index in [1.165, 1.54) is 0 Å². The molecule has 0 saturated heterocycles. The third-order valence-electron chi connectivity index (χ3n) is 4.98. The lowest BCUT2D eigenvalue weighted by molar-refractivity contribution is -0.122. The molecule has 1 aliphatic rings. The van der Waals surface area contributed by atoms with E-state index in [1.54, 1.807) is 0 Å². The highest BCUT2D eigenvalue weighted by molar-refractivity contribution is 5.94. The van der Waals surface area contributed by atoms with Crippen molar-refractivity contribution in [2.45, 2.75) is 52.0 Å². The standard InChI is InChI=1S/C19H25N3O2/c1-12-13(2)24-18(21-12)14-7-6-8-15(11-14)22-17(23)16-9-4-5-10-19(16,3)20/h6-8,11,16H,4-5,9-10,20H2,1-3H3,(H,22,23). The molecule has 5 heteroatoms. The van der Waals surface area contributed by atoms with Crippen LogP contribution in [0.15, 0.2) is 28.7 Å². The van der Waals surface area contributed by atoms with Crippen molar-refractivity contribution >= 4 is 11.6 Å². The first-order valence-corrected chi connectivity index (χ1v) is 8.51. The smallest absolute Gasteiger partial charge is 0.229 e. The number of nitrogens with two attached hydrogens (primary N) is 1. The predicted octanol–water partition coefficient (Wildman–Crippen LogP) is 3.80. The van der Waals surface area contributed by atoms with Crippen LogP contribution in [0.4, 0.5) is 5.69 Å². The number of aryl methyl sites for hydroxylation is 2. The summed E-state index contributed by atoms with van der Waals surface area (Å²) in [5, 5.41) is 3.01. The number of amides is 1. The summed E-state index contributed by atoms with van der Waals surface area (Å²) in [5.74, 6) is 1.22. The minimum atomic E-state index is -0.434. The third-order valence-corrected chi connectivity index (χ3v) is 4.98.